The fourth-order valence-electron chi connectivity index (χ4n) is 2.54. The highest BCUT2D eigenvalue weighted by atomic mass is 127. The number of nitrogens with zero attached hydrogens (tertiary/aromatic N) is 2. The number of methoxy groups -OCH3 is 1. The monoisotopic (exact) mass is 498 g/mol. The van der Waals surface area contributed by atoms with Crippen LogP contribution in [0.1, 0.15) is 29.3 Å². The van der Waals surface area contributed by atoms with E-state index in [4.69, 9.17) is 14.5 Å². The topological polar surface area (TPSA) is 67.8 Å². The summed E-state index contributed by atoms with van der Waals surface area (Å²) in [6.45, 7) is 9.19. The first kappa shape index (κ1) is 24.2. The zero-order valence-corrected chi connectivity index (χ0v) is 19.4. The summed E-state index contributed by atoms with van der Waals surface area (Å²) in [5.41, 5.74) is 4.38. The molecule has 0 saturated carbocycles. The summed E-state index contributed by atoms with van der Waals surface area (Å²) >= 11 is 0. The normalized spacial score (nSPS) is 10.9. The van der Waals surface area contributed by atoms with Gasteiger partial charge in [0.05, 0.1) is 25.4 Å². The maximum atomic E-state index is 5.85. The molecule has 1 heterocycles. The molecule has 0 aliphatic heterocycles. The maximum Gasteiger partial charge on any atom is 0.191 e. The number of rotatable bonds is 9. The lowest BCUT2D eigenvalue weighted by Gasteiger charge is -2.14. The molecule has 1 aromatic heterocycles. The van der Waals surface area contributed by atoms with Gasteiger partial charge in [-0.15, -0.1) is 24.0 Å². The van der Waals surface area contributed by atoms with Gasteiger partial charge in [0, 0.05) is 25.4 Å². The van der Waals surface area contributed by atoms with Crippen molar-refractivity contribution >= 4 is 29.9 Å². The third-order valence-electron chi connectivity index (χ3n) is 4.06. The van der Waals surface area contributed by atoms with Gasteiger partial charge in [-0.2, -0.15) is 0 Å². The summed E-state index contributed by atoms with van der Waals surface area (Å²) in [5, 5.41) is 6.62. The second-order valence-corrected chi connectivity index (χ2v) is 6.27. The van der Waals surface area contributed by atoms with E-state index < -0.39 is 0 Å². The van der Waals surface area contributed by atoms with Gasteiger partial charge in [0.25, 0.3) is 0 Å². The van der Waals surface area contributed by atoms with Crippen molar-refractivity contribution in [1.29, 1.82) is 0 Å². The predicted molar refractivity (Wildman–Crippen MR) is 125 cm³/mol. The minimum Gasteiger partial charge on any atom is -0.491 e. The van der Waals surface area contributed by atoms with Gasteiger partial charge in [-0.25, -0.2) is 4.99 Å². The second-order valence-electron chi connectivity index (χ2n) is 6.27. The van der Waals surface area contributed by atoms with Crippen LogP contribution in [-0.4, -0.2) is 37.8 Å². The molecule has 2 aromatic rings. The Labute approximate surface area is 185 Å². The highest BCUT2D eigenvalue weighted by molar-refractivity contribution is 14.0. The zero-order valence-electron chi connectivity index (χ0n) is 17.1. The average molecular weight is 498 g/mol. The molecule has 154 valence electrons. The van der Waals surface area contributed by atoms with Crippen molar-refractivity contribution in [3.05, 3.63) is 58.9 Å². The van der Waals surface area contributed by atoms with Gasteiger partial charge in [-0.05, 0) is 44.0 Å². The Morgan fingerprint density at radius 2 is 1.96 bits per heavy atom. The van der Waals surface area contributed by atoms with Crippen LogP contribution in [0.25, 0.3) is 0 Å². The SMILES string of the molecule is CCNC(=NCc1ccc(C)cc1OCCOC)NCc1ncccc1C.I. The van der Waals surface area contributed by atoms with Crippen molar-refractivity contribution in [1.82, 2.24) is 15.6 Å². The van der Waals surface area contributed by atoms with Crippen molar-refractivity contribution in [2.45, 2.75) is 33.9 Å². The molecule has 0 aliphatic rings. The molecule has 1 aromatic carbocycles. The molecule has 0 atom stereocenters. The number of aromatic nitrogens is 1. The van der Waals surface area contributed by atoms with Gasteiger partial charge >= 0.3 is 0 Å². The third-order valence-corrected chi connectivity index (χ3v) is 4.06. The highest BCUT2D eigenvalue weighted by Gasteiger charge is 2.06. The van der Waals surface area contributed by atoms with Crippen molar-refractivity contribution in [2.75, 3.05) is 26.9 Å². The van der Waals surface area contributed by atoms with E-state index in [2.05, 4.69) is 47.7 Å². The van der Waals surface area contributed by atoms with Gasteiger partial charge in [0.2, 0.25) is 0 Å². The Morgan fingerprint density at radius 3 is 2.68 bits per heavy atom. The van der Waals surface area contributed by atoms with Crippen LogP contribution in [0.4, 0.5) is 0 Å². The largest absolute Gasteiger partial charge is 0.491 e. The van der Waals surface area contributed by atoms with Crippen LogP contribution in [0.2, 0.25) is 0 Å². The first-order valence-electron chi connectivity index (χ1n) is 9.28. The van der Waals surface area contributed by atoms with Crippen LogP contribution in [-0.2, 0) is 17.8 Å². The summed E-state index contributed by atoms with van der Waals surface area (Å²) in [7, 11) is 1.67. The highest BCUT2D eigenvalue weighted by Crippen LogP contribution is 2.21. The molecule has 6 nitrogen and oxygen atoms in total. The Kier molecular flexibility index (Phi) is 11.5. The molecule has 0 unspecified atom stereocenters. The summed E-state index contributed by atoms with van der Waals surface area (Å²) in [6.07, 6.45) is 1.81. The number of pyridine rings is 1. The number of ether oxygens (including phenoxy) is 2. The van der Waals surface area contributed by atoms with Crippen LogP contribution >= 0.6 is 24.0 Å². The Morgan fingerprint density at radius 1 is 1.14 bits per heavy atom. The molecule has 28 heavy (non-hydrogen) atoms. The number of nitrogens with one attached hydrogen (secondary N) is 2. The summed E-state index contributed by atoms with van der Waals surface area (Å²) in [5.74, 6) is 1.61. The number of hydrogen-bond donors (Lipinski definition) is 2. The zero-order chi connectivity index (χ0) is 19.5. The molecule has 0 aliphatic carbocycles. The molecule has 7 heteroatoms. The second kappa shape index (κ2) is 13.3. The van der Waals surface area contributed by atoms with Crippen molar-refractivity contribution < 1.29 is 9.47 Å². The molecule has 0 spiro atoms. The lowest BCUT2D eigenvalue weighted by atomic mass is 10.1. The van der Waals surface area contributed by atoms with Gasteiger partial charge in [-0.3, -0.25) is 4.98 Å². The van der Waals surface area contributed by atoms with Gasteiger partial charge in [-0.1, -0.05) is 18.2 Å². The molecule has 0 fully saturated rings. The number of aryl methyl sites for hydroxylation is 2. The molecular formula is C21H31IN4O2. The molecule has 0 radical (unpaired) electrons. The summed E-state index contributed by atoms with van der Waals surface area (Å²) in [6, 6.07) is 10.2. The number of hydrogen-bond acceptors (Lipinski definition) is 4. The Hall–Kier alpha value is -1.87. The van der Waals surface area contributed by atoms with E-state index in [1.807, 2.05) is 25.3 Å². The molecule has 2 N–H and O–H groups in total. The fraction of sp³-hybridized carbons (Fsp3) is 0.429. The Balaban J connectivity index is 0.00000392. The van der Waals surface area contributed by atoms with E-state index >= 15 is 0 Å². The molecule has 0 bridgehead atoms. The van der Waals surface area contributed by atoms with Crippen LogP contribution < -0.4 is 15.4 Å². The smallest absolute Gasteiger partial charge is 0.191 e. The minimum absolute atomic E-state index is 0. The standard InChI is InChI=1S/C21H30N4O2.HI/c1-5-22-21(25-15-19-17(3)7-6-10-23-19)24-14-18-9-8-16(2)13-20(18)27-12-11-26-4;/h6-10,13H,5,11-12,14-15H2,1-4H3,(H2,22,24,25);1H. The lowest BCUT2D eigenvalue weighted by Crippen LogP contribution is -2.37. The fourth-order valence-corrected chi connectivity index (χ4v) is 2.54. The Bertz CT molecular complexity index is 753. The van der Waals surface area contributed by atoms with Crippen LogP contribution in [0, 0.1) is 13.8 Å². The van der Waals surface area contributed by atoms with E-state index in [1.54, 1.807) is 7.11 Å². The van der Waals surface area contributed by atoms with Gasteiger partial charge in [0.15, 0.2) is 5.96 Å². The van der Waals surface area contributed by atoms with Crippen LogP contribution in [0.5, 0.6) is 5.75 Å². The average Bonchev–Trinajstić information content (AvgIpc) is 2.66. The van der Waals surface area contributed by atoms with Crippen molar-refractivity contribution in [3.8, 4) is 5.75 Å². The van der Waals surface area contributed by atoms with E-state index in [-0.39, 0.29) is 24.0 Å². The summed E-state index contributed by atoms with van der Waals surface area (Å²) < 4.78 is 10.9. The van der Waals surface area contributed by atoms with Gasteiger partial charge in [0.1, 0.15) is 12.4 Å². The summed E-state index contributed by atoms with van der Waals surface area (Å²) in [4.78, 5) is 9.12. The number of halogens is 1. The molecule has 0 saturated heterocycles. The van der Waals surface area contributed by atoms with Gasteiger partial charge < -0.3 is 20.1 Å². The van der Waals surface area contributed by atoms with E-state index in [0.29, 0.717) is 26.3 Å². The third kappa shape index (κ3) is 8.02. The molecular weight excluding hydrogens is 467 g/mol. The number of guanidine groups is 1. The maximum absolute atomic E-state index is 5.85. The number of aliphatic imine (C=N–C) groups is 1. The quantitative estimate of drug-likeness (QED) is 0.240. The molecule has 2 rings (SSSR count). The van der Waals surface area contributed by atoms with Crippen molar-refractivity contribution in [3.63, 3.8) is 0 Å². The van der Waals surface area contributed by atoms with Crippen LogP contribution in [0.3, 0.4) is 0 Å². The first-order chi connectivity index (χ1) is 13.1. The predicted octanol–water partition coefficient (Wildman–Crippen LogP) is 3.60. The number of benzene rings is 1. The minimum atomic E-state index is 0. The first-order valence-corrected chi connectivity index (χ1v) is 9.28. The van der Waals surface area contributed by atoms with E-state index in [1.165, 1.54) is 0 Å². The van der Waals surface area contributed by atoms with Crippen LogP contribution in [0.15, 0.2) is 41.5 Å². The van der Waals surface area contributed by atoms with Crippen molar-refractivity contribution in [2.24, 2.45) is 4.99 Å². The lowest BCUT2D eigenvalue weighted by molar-refractivity contribution is 0.145. The van der Waals surface area contributed by atoms with E-state index in [9.17, 15) is 0 Å². The van der Waals surface area contributed by atoms with E-state index in [0.717, 1.165) is 40.6 Å². The molecule has 0 amide bonds.